The summed E-state index contributed by atoms with van der Waals surface area (Å²) in [7, 11) is 1.69. The monoisotopic (exact) mass is 300 g/mol. The molecule has 0 fully saturated rings. The zero-order valence-electron chi connectivity index (χ0n) is 15.4. The highest BCUT2D eigenvalue weighted by Crippen LogP contribution is 2.30. The third-order valence-electron chi connectivity index (χ3n) is 3.48. The molecule has 0 N–H and O–H groups in total. The molecule has 1 heteroatoms. The van der Waals surface area contributed by atoms with Crippen molar-refractivity contribution in [1.82, 2.24) is 0 Å². The minimum Gasteiger partial charge on any atom is -0.497 e. The number of allylic oxidation sites excluding steroid dienone is 1. The SMILES string of the molecule is COc1ccc(C=C=C(CCC(C)(C)C)CC(C)(C)C)cc1. The van der Waals surface area contributed by atoms with Crippen molar-refractivity contribution in [3.05, 3.63) is 41.1 Å². The zero-order chi connectivity index (χ0) is 16.8. The molecule has 0 unspecified atom stereocenters. The lowest BCUT2D eigenvalue weighted by Crippen LogP contribution is -2.09. The topological polar surface area (TPSA) is 9.23 Å². The first-order valence-electron chi connectivity index (χ1n) is 8.18. The van der Waals surface area contributed by atoms with Gasteiger partial charge in [-0.25, -0.2) is 0 Å². The Kier molecular flexibility index (Phi) is 6.50. The number of ether oxygens (including phenoxy) is 1. The molecule has 0 aliphatic heterocycles. The van der Waals surface area contributed by atoms with Gasteiger partial charge in [0.2, 0.25) is 0 Å². The third kappa shape index (κ3) is 8.10. The summed E-state index contributed by atoms with van der Waals surface area (Å²) < 4.78 is 5.20. The molecule has 0 aliphatic carbocycles. The van der Waals surface area contributed by atoms with E-state index in [9.17, 15) is 0 Å². The van der Waals surface area contributed by atoms with Gasteiger partial charge >= 0.3 is 0 Å². The predicted octanol–water partition coefficient (Wildman–Crippen LogP) is 6.50. The molecular formula is C21H32O. The third-order valence-corrected chi connectivity index (χ3v) is 3.48. The van der Waals surface area contributed by atoms with Crippen molar-refractivity contribution in [3.8, 4) is 5.75 Å². The largest absolute Gasteiger partial charge is 0.497 e. The quantitative estimate of drug-likeness (QED) is 0.564. The Morgan fingerprint density at radius 2 is 1.59 bits per heavy atom. The highest BCUT2D eigenvalue weighted by Gasteiger charge is 2.16. The van der Waals surface area contributed by atoms with Crippen molar-refractivity contribution in [2.45, 2.75) is 60.8 Å². The standard InChI is InChI=1S/C21H32O/c1-20(2,3)15-14-18(16-21(4,5)6)9-8-17-10-12-19(22-7)13-11-17/h8,10-13H,14-16H2,1-7H3. The van der Waals surface area contributed by atoms with Gasteiger partial charge in [-0.15, -0.1) is 5.73 Å². The van der Waals surface area contributed by atoms with Crippen LogP contribution >= 0.6 is 0 Å². The van der Waals surface area contributed by atoms with E-state index in [1.165, 1.54) is 17.6 Å². The van der Waals surface area contributed by atoms with E-state index >= 15 is 0 Å². The van der Waals surface area contributed by atoms with Crippen molar-refractivity contribution < 1.29 is 4.74 Å². The van der Waals surface area contributed by atoms with Gasteiger partial charge in [-0.3, -0.25) is 0 Å². The van der Waals surface area contributed by atoms with Crippen LogP contribution in [0.25, 0.3) is 6.08 Å². The fourth-order valence-electron chi connectivity index (χ4n) is 2.26. The Morgan fingerprint density at radius 3 is 2.05 bits per heavy atom. The number of hydrogen-bond acceptors (Lipinski definition) is 1. The number of hydrogen-bond donors (Lipinski definition) is 0. The van der Waals surface area contributed by atoms with E-state index in [4.69, 9.17) is 4.74 Å². The summed E-state index contributed by atoms with van der Waals surface area (Å²) in [6.45, 7) is 13.8. The highest BCUT2D eigenvalue weighted by molar-refractivity contribution is 5.50. The second kappa shape index (κ2) is 7.70. The molecule has 122 valence electrons. The maximum Gasteiger partial charge on any atom is 0.118 e. The molecular weight excluding hydrogens is 268 g/mol. The number of methoxy groups -OCH3 is 1. The van der Waals surface area contributed by atoms with Crippen LogP contribution in [-0.2, 0) is 0 Å². The Balaban J connectivity index is 2.93. The van der Waals surface area contributed by atoms with Gasteiger partial charge in [-0.05, 0) is 59.4 Å². The fraction of sp³-hybridized carbons (Fsp3) is 0.571. The van der Waals surface area contributed by atoms with Gasteiger partial charge in [0.25, 0.3) is 0 Å². The summed E-state index contributed by atoms with van der Waals surface area (Å²) >= 11 is 0. The molecule has 0 spiro atoms. The van der Waals surface area contributed by atoms with Gasteiger partial charge in [0.05, 0.1) is 7.11 Å². The Hall–Kier alpha value is -1.46. The Labute approximate surface area is 137 Å². The van der Waals surface area contributed by atoms with Crippen LogP contribution in [0.5, 0.6) is 5.75 Å². The molecule has 0 aromatic heterocycles. The highest BCUT2D eigenvalue weighted by atomic mass is 16.5. The molecule has 0 amide bonds. The van der Waals surface area contributed by atoms with Gasteiger partial charge in [0.1, 0.15) is 5.75 Å². The fourth-order valence-corrected chi connectivity index (χ4v) is 2.26. The molecule has 1 aromatic carbocycles. The number of rotatable bonds is 5. The molecule has 22 heavy (non-hydrogen) atoms. The average molecular weight is 300 g/mol. The van der Waals surface area contributed by atoms with Gasteiger partial charge < -0.3 is 4.74 Å². The molecule has 0 saturated heterocycles. The van der Waals surface area contributed by atoms with E-state index in [1.54, 1.807) is 7.11 Å². The van der Waals surface area contributed by atoms with E-state index < -0.39 is 0 Å². The molecule has 0 bridgehead atoms. The van der Waals surface area contributed by atoms with Crippen LogP contribution in [0.1, 0.15) is 66.4 Å². The molecule has 0 radical (unpaired) electrons. The molecule has 0 atom stereocenters. The van der Waals surface area contributed by atoms with E-state index in [-0.39, 0.29) is 0 Å². The first-order valence-corrected chi connectivity index (χ1v) is 8.18. The van der Waals surface area contributed by atoms with Crippen LogP contribution in [-0.4, -0.2) is 7.11 Å². The average Bonchev–Trinajstić information content (AvgIpc) is 2.40. The smallest absolute Gasteiger partial charge is 0.118 e. The van der Waals surface area contributed by atoms with Crippen LogP contribution < -0.4 is 4.74 Å². The predicted molar refractivity (Wildman–Crippen MR) is 97.2 cm³/mol. The maximum atomic E-state index is 5.20. The van der Waals surface area contributed by atoms with E-state index in [0.29, 0.717) is 10.8 Å². The van der Waals surface area contributed by atoms with Gasteiger partial charge in [-0.1, -0.05) is 53.7 Å². The summed E-state index contributed by atoms with van der Waals surface area (Å²) in [6, 6.07) is 8.13. The van der Waals surface area contributed by atoms with Crippen molar-refractivity contribution in [2.24, 2.45) is 10.8 Å². The van der Waals surface area contributed by atoms with Crippen LogP contribution in [0.15, 0.2) is 35.6 Å². The maximum absolute atomic E-state index is 5.20. The van der Waals surface area contributed by atoms with Gasteiger partial charge in [-0.2, -0.15) is 0 Å². The molecule has 1 rings (SSSR count). The normalized spacial score (nSPS) is 11.8. The number of benzene rings is 1. The second-order valence-corrected chi connectivity index (χ2v) is 8.46. The summed E-state index contributed by atoms with van der Waals surface area (Å²) in [5.41, 5.74) is 6.80. The lowest BCUT2D eigenvalue weighted by molar-refractivity contribution is 0.358. The van der Waals surface area contributed by atoms with Crippen molar-refractivity contribution in [3.63, 3.8) is 0 Å². The molecule has 1 nitrogen and oxygen atoms in total. The minimum absolute atomic E-state index is 0.300. The Bertz CT molecular complexity index is 515. The summed E-state index contributed by atoms with van der Waals surface area (Å²) in [5.74, 6) is 0.892. The Morgan fingerprint density at radius 1 is 1.00 bits per heavy atom. The van der Waals surface area contributed by atoms with E-state index in [1.807, 2.05) is 12.1 Å². The van der Waals surface area contributed by atoms with Crippen molar-refractivity contribution >= 4 is 6.08 Å². The summed E-state index contributed by atoms with van der Waals surface area (Å²) in [6.07, 6.45) is 5.51. The minimum atomic E-state index is 0.300. The lowest BCUT2D eigenvalue weighted by Gasteiger charge is -2.22. The molecule has 0 aliphatic rings. The van der Waals surface area contributed by atoms with E-state index in [0.717, 1.165) is 18.6 Å². The van der Waals surface area contributed by atoms with Gasteiger partial charge in [0, 0.05) is 0 Å². The van der Waals surface area contributed by atoms with Crippen LogP contribution in [0.3, 0.4) is 0 Å². The van der Waals surface area contributed by atoms with Crippen molar-refractivity contribution in [1.29, 1.82) is 0 Å². The van der Waals surface area contributed by atoms with Crippen LogP contribution in [0.2, 0.25) is 0 Å². The zero-order valence-corrected chi connectivity index (χ0v) is 15.4. The van der Waals surface area contributed by atoms with Gasteiger partial charge in [0.15, 0.2) is 0 Å². The lowest BCUT2D eigenvalue weighted by atomic mass is 9.83. The van der Waals surface area contributed by atoms with Crippen LogP contribution in [0, 0.1) is 10.8 Å². The van der Waals surface area contributed by atoms with E-state index in [2.05, 4.69) is 65.5 Å². The molecule has 0 heterocycles. The second-order valence-electron chi connectivity index (χ2n) is 8.46. The van der Waals surface area contributed by atoms with Crippen molar-refractivity contribution in [2.75, 3.05) is 7.11 Å². The summed E-state index contributed by atoms with van der Waals surface area (Å²) in [4.78, 5) is 0. The first-order chi connectivity index (χ1) is 10.1. The van der Waals surface area contributed by atoms with Crippen LogP contribution in [0.4, 0.5) is 0 Å². The molecule has 1 aromatic rings. The summed E-state index contributed by atoms with van der Waals surface area (Å²) in [5, 5.41) is 0. The molecule has 0 saturated carbocycles. The first kappa shape index (κ1) is 18.6.